The van der Waals surface area contributed by atoms with E-state index >= 15 is 0 Å². The van der Waals surface area contributed by atoms with Crippen LogP contribution < -0.4 is 0 Å². The summed E-state index contributed by atoms with van der Waals surface area (Å²) < 4.78 is 2.72. The maximum Gasteiger partial charge on any atom is 0.185 e. The molecule has 3 aromatic rings. The van der Waals surface area contributed by atoms with Crippen LogP contribution in [0.5, 0.6) is 0 Å². The number of thioether (sulfide) groups is 1. The summed E-state index contributed by atoms with van der Waals surface area (Å²) in [6.07, 6.45) is 0. The first kappa shape index (κ1) is 14.1. The summed E-state index contributed by atoms with van der Waals surface area (Å²) in [6.45, 7) is 1.91. The number of rotatable bonds is 4. The molecule has 0 saturated heterocycles. The second kappa shape index (κ2) is 5.85. The molecule has 0 amide bonds. The molecule has 0 aliphatic rings. The Bertz CT molecular complexity index is 731. The van der Waals surface area contributed by atoms with Gasteiger partial charge in [0.05, 0.1) is 24.7 Å². The third-order valence-electron chi connectivity index (χ3n) is 2.74. The van der Waals surface area contributed by atoms with E-state index in [0.717, 1.165) is 14.6 Å². The van der Waals surface area contributed by atoms with Gasteiger partial charge < -0.3 is 0 Å². The van der Waals surface area contributed by atoms with Crippen LogP contribution in [-0.4, -0.2) is 16.0 Å². The van der Waals surface area contributed by atoms with Gasteiger partial charge in [0, 0.05) is 0 Å². The van der Waals surface area contributed by atoms with Gasteiger partial charge in [-0.05, 0) is 31.2 Å². The molecule has 0 spiro atoms. The molecule has 2 heterocycles. The van der Waals surface area contributed by atoms with Gasteiger partial charge >= 0.3 is 0 Å². The van der Waals surface area contributed by atoms with Gasteiger partial charge in [0.1, 0.15) is 0 Å². The monoisotopic (exact) mass is 339 g/mol. The third-order valence-corrected chi connectivity index (χ3v) is 6.21. The largest absolute Gasteiger partial charge is 0.292 e. The van der Waals surface area contributed by atoms with E-state index in [9.17, 15) is 4.79 Å². The highest BCUT2D eigenvalue weighted by Gasteiger charge is 2.19. The fourth-order valence-corrected chi connectivity index (χ4v) is 5.18. The van der Waals surface area contributed by atoms with Crippen LogP contribution in [0.4, 0.5) is 0 Å². The van der Waals surface area contributed by atoms with E-state index in [1.807, 2.05) is 31.2 Å². The van der Waals surface area contributed by atoms with Crippen molar-refractivity contribution in [2.75, 3.05) is 0 Å². The standard InChI is InChI=1S/C14H10ClNOS3/c1-8(13(17)11-6-7-12(15)19-11)18-14-16-9-4-2-3-5-10(9)20-14/h2-8H,1H3. The molecule has 1 aromatic carbocycles. The molecule has 6 heteroatoms. The first-order chi connectivity index (χ1) is 9.63. The number of halogens is 1. The number of hydrogen-bond acceptors (Lipinski definition) is 5. The Labute approximate surface area is 133 Å². The predicted molar refractivity (Wildman–Crippen MR) is 88.6 cm³/mol. The minimum atomic E-state index is -0.162. The number of carbonyl (C=O) groups is 1. The van der Waals surface area contributed by atoms with Crippen LogP contribution in [0.15, 0.2) is 40.7 Å². The summed E-state index contributed by atoms with van der Waals surface area (Å²) in [4.78, 5) is 17.5. The molecule has 2 aromatic heterocycles. The number of thiophene rings is 1. The number of hydrogen-bond donors (Lipinski definition) is 0. The fraction of sp³-hybridized carbons (Fsp3) is 0.143. The molecule has 0 aliphatic heterocycles. The Morgan fingerprint density at radius 3 is 2.75 bits per heavy atom. The van der Waals surface area contributed by atoms with Crippen LogP contribution in [0.25, 0.3) is 10.2 Å². The Balaban J connectivity index is 1.78. The van der Waals surface area contributed by atoms with Crippen molar-refractivity contribution in [1.29, 1.82) is 0 Å². The SMILES string of the molecule is CC(Sc1nc2ccccc2s1)C(=O)c1ccc(Cl)s1. The number of para-hydroxylation sites is 1. The second-order valence-electron chi connectivity index (χ2n) is 4.18. The summed E-state index contributed by atoms with van der Waals surface area (Å²) in [7, 11) is 0. The minimum absolute atomic E-state index is 0.103. The van der Waals surface area contributed by atoms with Crippen LogP contribution in [0.1, 0.15) is 16.6 Å². The lowest BCUT2D eigenvalue weighted by molar-refractivity contribution is 0.0998. The first-order valence-corrected chi connectivity index (χ1v) is 8.84. The topological polar surface area (TPSA) is 30.0 Å². The maximum absolute atomic E-state index is 12.3. The number of thiazole rings is 1. The number of carbonyl (C=O) groups excluding carboxylic acids is 1. The summed E-state index contributed by atoms with van der Waals surface area (Å²) in [6, 6.07) is 11.5. The van der Waals surface area contributed by atoms with Crippen LogP contribution in [0.2, 0.25) is 4.34 Å². The molecular formula is C14H10ClNOS3. The Morgan fingerprint density at radius 1 is 1.25 bits per heavy atom. The lowest BCUT2D eigenvalue weighted by Gasteiger charge is -2.05. The van der Waals surface area contributed by atoms with Gasteiger partial charge in [-0.15, -0.1) is 22.7 Å². The van der Waals surface area contributed by atoms with E-state index in [1.54, 1.807) is 23.5 Å². The highest BCUT2D eigenvalue weighted by Crippen LogP contribution is 2.34. The highest BCUT2D eigenvalue weighted by molar-refractivity contribution is 8.02. The molecule has 1 unspecified atom stereocenters. The van der Waals surface area contributed by atoms with Gasteiger partial charge in [0.15, 0.2) is 10.1 Å². The van der Waals surface area contributed by atoms with Gasteiger partial charge in [-0.25, -0.2) is 4.98 Å². The summed E-state index contributed by atoms with van der Waals surface area (Å²) >= 11 is 10.3. The van der Waals surface area contributed by atoms with Crippen LogP contribution >= 0.6 is 46.0 Å². The molecule has 0 bridgehead atoms. The molecule has 0 saturated carbocycles. The van der Waals surface area contributed by atoms with E-state index in [-0.39, 0.29) is 11.0 Å². The lowest BCUT2D eigenvalue weighted by Crippen LogP contribution is -2.11. The molecule has 1 atom stereocenters. The fourth-order valence-electron chi connectivity index (χ4n) is 1.75. The normalized spacial score (nSPS) is 12.7. The molecule has 20 heavy (non-hydrogen) atoms. The van der Waals surface area contributed by atoms with Crippen LogP contribution in [0, 0.1) is 0 Å². The molecular weight excluding hydrogens is 330 g/mol. The van der Waals surface area contributed by atoms with Gasteiger partial charge in [-0.2, -0.15) is 0 Å². The molecule has 3 rings (SSSR count). The smallest absolute Gasteiger partial charge is 0.185 e. The van der Waals surface area contributed by atoms with Gasteiger partial charge in [-0.3, -0.25) is 4.79 Å². The van der Waals surface area contributed by atoms with E-state index in [1.165, 1.54) is 23.1 Å². The van der Waals surface area contributed by atoms with Crippen molar-refractivity contribution in [3.05, 3.63) is 45.6 Å². The summed E-state index contributed by atoms with van der Waals surface area (Å²) in [5.41, 5.74) is 0.985. The Kier molecular flexibility index (Phi) is 4.12. The second-order valence-corrected chi connectivity index (χ2v) is 8.51. The van der Waals surface area contributed by atoms with Gasteiger partial charge in [-0.1, -0.05) is 35.5 Å². The maximum atomic E-state index is 12.3. The van der Waals surface area contributed by atoms with E-state index in [2.05, 4.69) is 4.98 Å². The molecule has 0 fully saturated rings. The lowest BCUT2D eigenvalue weighted by atomic mass is 10.2. The van der Waals surface area contributed by atoms with Gasteiger partial charge in [0.25, 0.3) is 0 Å². The van der Waals surface area contributed by atoms with Crippen molar-refractivity contribution >= 4 is 62.0 Å². The Hall–Kier alpha value is -0.880. The van der Waals surface area contributed by atoms with Crippen molar-refractivity contribution in [2.24, 2.45) is 0 Å². The molecule has 2 nitrogen and oxygen atoms in total. The number of aromatic nitrogens is 1. The Morgan fingerprint density at radius 2 is 2.05 bits per heavy atom. The molecule has 102 valence electrons. The number of ketones is 1. The minimum Gasteiger partial charge on any atom is -0.292 e. The van der Waals surface area contributed by atoms with Crippen molar-refractivity contribution in [1.82, 2.24) is 4.98 Å². The van der Waals surface area contributed by atoms with Crippen LogP contribution in [0.3, 0.4) is 0 Å². The number of Topliss-reactive ketones (excluding diaryl/α,β-unsaturated/α-hetero) is 1. The zero-order valence-corrected chi connectivity index (χ0v) is 13.7. The summed E-state index contributed by atoms with van der Waals surface area (Å²) in [5.74, 6) is 0.103. The molecule has 0 aliphatic carbocycles. The third kappa shape index (κ3) is 2.91. The van der Waals surface area contributed by atoms with Crippen molar-refractivity contribution in [2.45, 2.75) is 16.5 Å². The van der Waals surface area contributed by atoms with Crippen LogP contribution in [-0.2, 0) is 0 Å². The average molecular weight is 340 g/mol. The number of fused-ring (bicyclic) bond motifs is 1. The number of nitrogens with zero attached hydrogens (tertiary/aromatic N) is 1. The van der Waals surface area contributed by atoms with Crippen molar-refractivity contribution < 1.29 is 4.79 Å². The summed E-state index contributed by atoms with van der Waals surface area (Å²) in [5, 5.41) is -0.162. The first-order valence-electron chi connectivity index (χ1n) is 5.95. The van der Waals surface area contributed by atoms with Crippen molar-refractivity contribution in [3.8, 4) is 0 Å². The predicted octanol–water partition coefficient (Wildman–Crippen LogP) is 5.37. The van der Waals surface area contributed by atoms with E-state index in [4.69, 9.17) is 11.6 Å². The van der Waals surface area contributed by atoms with E-state index in [0.29, 0.717) is 9.21 Å². The van der Waals surface area contributed by atoms with E-state index < -0.39 is 0 Å². The zero-order chi connectivity index (χ0) is 14.1. The van der Waals surface area contributed by atoms with Gasteiger partial charge in [0.2, 0.25) is 0 Å². The highest BCUT2D eigenvalue weighted by atomic mass is 35.5. The average Bonchev–Trinajstić information content (AvgIpc) is 3.03. The molecule has 0 N–H and O–H groups in total. The van der Waals surface area contributed by atoms with Crippen molar-refractivity contribution in [3.63, 3.8) is 0 Å². The number of benzene rings is 1. The zero-order valence-electron chi connectivity index (χ0n) is 10.5. The molecule has 0 radical (unpaired) electrons. The quantitative estimate of drug-likeness (QED) is 0.472.